The molecule has 1 unspecified atom stereocenters. The van der Waals surface area contributed by atoms with E-state index in [1.165, 1.54) is 51.4 Å². The molecule has 78 valence electrons. The molecule has 2 bridgehead atoms. The average molecular weight is 191 g/mol. The summed E-state index contributed by atoms with van der Waals surface area (Å²) >= 11 is 0. The molecular formula is C13H21N. The van der Waals surface area contributed by atoms with Crippen LogP contribution < -0.4 is 5.73 Å². The Bertz CT molecular complexity index is 266. The Hall–Kier alpha value is -0.300. The first-order chi connectivity index (χ1) is 6.86. The van der Waals surface area contributed by atoms with Gasteiger partial charge in [-0.2, -0.15) is 0 Å². The van der Waals surface area contributed by atoms with Crippen molar-refractivity contribution in [3.05, 3.63) is 11.1 Å². The van der Waals surface area contributed by atoms with Crippen LogP contribution >= 0.6 is 0 Å². The molecule has 0 radical (unpaired) electrons. The summed E-state index contributed by atoms with van der Waals surface area (Å²) in [5.41, 5.74) is 9.99. The Morgan fingerprint density at radius 2 is 1.86 bits per heavy atom. The molecule has 1 heteroatoms. The summed E-state index contributed by atoms with van der Waals surface area (Å²) in [6.07, 6.45) is 11.2. The summed E-state index contributed by atoms with van der Waals surface area (Å²) in [6.45, 7) is 0. The lowest BCUT2D eigenvalue weighted by molar-refractivity contribution is 0.213. The van der Waals surface area contributed by atoms with Gasteiger partial charge in [0.2, 0.25) is 0 Å². The van der Waals surface area contributed by atoms with Gasteiger partial charge in [-0.25, -0.2) is 0 Å². The van der Waals surface area contributed by atoms with E-state index in [0.29, 0.717) is 6.04 Å². The van der Waals surface area contributed by atoms with Crippen molar-refractivity contribution in [3.63, 3.8) is 0 Å². The summed E-state index contributed by atoms with van der Waals surface area (Å²) in [4.78, 5) is 0. The highest BCUT2D eigenvalue weighted by Gasteiger charge is 2.38. The van der Waals surface area contributed by atoms with Crippen LogP contribution in [0, 0.1) is 11.8 Å². The fourth-order valence-corrected chi connectivity index (χ4v) is 3.95. The van der Waals surface area contributed by atoms with Gasteiger partial charge in [-0.05, 0) is 56.8 Å². The molecule has 1 saturated carbocycles. The molecular weight excluding hydrogens is 170 g/mol. The molecule has 2 N–H and O–H groups in total. The van der Waals surface area contributed by atoms with Crippen LogP contribution in [-0.2, 0) is 0 Å². The third-order valence-electron chi connectivity index (χ3n) is 4.68. The molecule has 3 aliphatic carbocycles. The minimum Gasteiger partial charge on any atom is -0.327 e. The highest BCUT2D eigenvalue weighted by molar-refractivity contribution is 5.26. The Morgan fingerprint density at radius 1 is 1.00 bits per heavy atom. The predicted octanol–water partition coefficient (Wildman–Crippen LogP) is 3.00. The fourth-order valence-electron chi connectivity index (χ4n) is 3.95. The lowest BCUT2D eigenvalue weighted by Crippen LogP contribution is -2.45. The SMILES string of the molecule is N[C@H]1C2CCC[C@@H]1C1=C(CCCC1)C2. The predicted molar refractivity (Wildman–Crippen MR) is 58.9 cm³/mol. The quantitative estimate of drug-likeness (QED) is 0.585. The van der Waals surface area contributed by atoms with E-state index in [4.69, 9.17) is 5.73 Å². The number of nitrogens with two attached hydrogens (primary N) is 1. The second-order valence-corrected chi connectivity index (χ2v) is 5.41. The van der Waals surface area contributed by atoms with Crippen molar-refractivity contribution in [2.24, 2.45) is 17.6 Å². The van der Waals surface area contributed by atoms with Gasteiger partial charge in [-0.3, -0.25) is 0 Å². The number of hydrogen-bond donors (Lipinski definition) is 1. The number of hydrogen-bond acceptors (Lipinski definition) is 1. The van der Waals surface area contributed by atoms with Crippen LogP contribution in [0.15, 0.2) is 11.1 Å². The van der Waals surface area contributed by atoms with E-state index >= 15 is 0 Å². The monoisotopic (exact) mass is 191 g/mol. The summed E-state index contributed by atoms with van der Waals surface area (Å²) in [7, 11) is 0. The van der Waals surface area contributed by atoms with Crippen LogP contribution in [0.1, 0.15) is 51.4 Å². The minimum atomic E-state index is 0.514. The van der Waals surface area contributed by atoms with Gasteiger partial charge in [0, 0.05) is 6.04 Å². The number of allylic oxidation sites excluding steroid dienone is 1. The second-order valence-electron chi connectivity index (χ2n) is 5.41. The molecule has 0 saturated heterocycles. The molecule has 1 fully saturated rings. The maximum atomic E-state index is 6.36. The first-order valence-electron chi connectivity index (χ1n) is 6.32. The molecule has 0 aromatic carbocycles. The van der Waals surface area contributed by atoms with Gasteiger partial charge < -0.3 is 5.73 Å². The molecule has 0 spiro atoms. The lowest BCUT2D eigenvalue weighted by Gasteiger charge is -2.44. The zero-order chi connectivity index (χ0) is 9.54. The molecule has 3 rings (SSSR count). The van der Waals surface area contributed by atoms with Crippen molar-refractivity contribution in [3.8, 4) is 0 Å². The van der Waals surface area contributed by atoms with E-state index in [0.717, 1.165) is 11.8 Å². The van der Waals surface area contributed by atoms with Crippen molar-refractivity contribution in [1.29, 1.82) is 0 Å². The lowest BCUT2D eigenvalue weighted by atomic mass is 9.63. The molecule has 0 heterocycles. The number of rotatable bonds is 0. The highest BCUT2D eigenvalue weighted by atomic mass is 14.7. The maximum Gasteiger partial charge on any atom is 0.0136 e. The topological polar surface area (TPSA) is 26.0 Å². The Labute approximate surface area is 86.8 Å². The van der Waals surface area contributed by atoms with E-state index in [1.54, 1.807) is 5.57 Å². The maximum absolute atomic E-state index is 6.36. The van der Waals surface area contributed by atoms with Crippen LogP contribution in [0.5, 0.6) is 0 Å². The smallest absolute Gasteiger partial charge is 0.0136 e. The minimum absolute atomic E-state index is 0.514. The van der Waals surface area contributed by atoms with Gasteiger partial charge in [0.15, 0.2) is 0 Å². The van der Waals surface area contributed by atoms with Crippen molar-refractivity contribution < 1.29 is 0 Å². The second kappa shape index (κ2) is 3.37. The molecule has 0 aromatic rings. The van der Waals surface area contributed by atoms with Gasteiger partial charge in [0.25, 0.3) is 0 Å². The fraction of sp³-hybridized carbons (Fsp3) is 0.846. The van der Waals surface area contributed by atoms with E-state index < -0.39 is 0 Å². The molecule has 3 atom stereocenters. The molecule has 3 aliphatic rings. The Kier molecular flexibility index (Phi) is 2.16. The third-order valence-corrected chi connectivity index (χ3v) is 4.68. The normalized spacial score (nSPS) is 42.2. The summed E-state index contributed by atoms with van der Waals surface area (Å²) in [6, 6.07) is 0.514. The zero-order valence-electron chi connectivity index (χ0n) is 8.97. The van der Waals surface area contributed by atoms with Crippen LogP contribution in [0.4, 0.5) is 0 Å². The number of fused-ring (bicyclic) bond motifs is 3. The van der Waals surface area contributed by atoms with Gasteiger partial charge in [0.05, 0.1) is 0 Å². The van der Waals surface area contributed by atoms with Crippen molar-refractivity contribution >= 4 is 0 Å². The molecule has 0 aliphatic heterocycles. The Balaban J connectivity index is 1.95. The summed E-state index contributed by atoms with van der Waals surface area (Å²) in [5.74, 6) is 1.63. The highest BCUT2D eigenvalue weighted by Crippen LogP contribution is 2.47. The van der Waals surface area contributed by atoms with E-state index in [1.807, 2.05) is 5.57 Å². The van der Waals surface area contributed by atoms with Gasteiger partial charge >= 0.3 is 0 Å². The molecule has 0 aromatic heterocycles. The molecule has 0 amide bonds. The van der Waals surface area contributed by atoms with Crippen molar-refractivity contribution in [2.45, 2.75) is 57.4 Å². The van der Waals surface area contributed by atoms with Gasteiger partial charge in [-0.1, -0.05) is 17.6 Å². The van der Waals surface area contributed by atoms with Crippen LogP contribution in [0.2, 0.25) is 0 Å². The van der Waals surface area contributed by atoms with Crippen molar-refractivity contribution in [2.75, 3.05) is 0 Å². The summed E-state index contributed by atoms with van der Waals surface area (Å²) in [5, 5.41) is 0. The third kappa shape index (κ3) is 1.25. The largest absolute Gasteiger partial charge is 0.327 e. The zero-order valence-corrected chi connectivity index (χ0v) is 8.97. The Morgan fingerprint density at radius 3 is 2.79 bits per heavy atom. The van der Waals surface area contributed by atoms with E-state index in [-0.39, 0.29) is 0 Å². The van der Waals surface area contributed by atoms with Crippen LogP contribution in [0.25, 0.3) is 0 Å². The van der Waals surface area contributed by atoms with Gasteiger partial charge in [0.1, 0.15) is 0 Å². The average Bonchev–Trinajstić information content (AvgIpc) is 2.18. The van der Waals surface area contributed by atoms with Crippen molar-refractivity contribution in [1.82, 2.24) is 0 Å². The standard InChI is InChI=1S/C13H21N/c14-13-10-5-3-7-12(13)11-6-2-1-4-9(11)8-10/h10,12-13H,1-8,14H2/t10?,12-,13+/m1/s1. The van der Waals surface area contributed by atoms with E-state index in [9.17, 15) is 0 Å². The first-order valence-corrected chi connectivity index (χ1v) is 6.32. The summed E-state index contributed by atoms with van der Waals surface area (Å²) < 4.78 is 0. The first kappa shape index (κ1) is 8.96. The molecule has 14 heavy (non-hydrogen) atoms. The van der Waals surface area contributed by atoms with Crippen LogP contribution in [-0.4, -0.2) is 6.04 Å². The van der Waals surface area contributed by atoms with Gasteiger partial charge in [-0.15, -0.1) is 0 Å². The molecule has 1 nitrogen and oxygen atoms in total. The van der Waals surface area contributed by atoms with Crippen LogP contribution in [0.3, 0.4) is 0 Å². The van der Waals surface area contributed by atoms with E-state index in [2.05, 4.69) is 0 Å².